The molecule has 0 saturated carbocycles. The molecule has 0 aliphatic carbocycles. The lowest BCUT2D eigenvalue weighted by Crippen LogP contribution is -2.43. The van der Waals surface area contributed by atoms with Crippen LogP contribution < -0.4 is 10.5 Å². The second-order valence-corrected chi connectivity index (χ2v) is 6.78. The number of benzene rings is 1. The van der Waals surface area contributed by atoms with Crippen molar-refractivity contribution in [2.75, 3.05) is 20.2 Å². The quantitative estimate of drug-likeness (QED) is 0.848. The second kappa shape index (κ2) is 7.34. The number of aromatic hydroxyl groups is 1. The molecule has 124 valence electrons. The van der Waals surface area contributed by atoms with Crippen LogP contribution in [-0.2, 0) is 6.42 Å². The molecule has 4 heteroatoms. The number of nitrogens with two attached hydrogens (primary N) is 1. The molecule has 3 N–H and O–H groups in total. The molecule has 1 unspecified atom stereocenters. The molecule has 0 amide bonds. The standard InChI is InChI=1S/C18H30N2O2/c1-5-16-15-10-18(22-4)17(21)9-13(15)6-7-20(16)11-14(19)8-12(2)3/h9-10,12,14,16,21H,5-8,11,19H2,1-4H3/t14-,16?/m1/s1. The average molecular weight is 306 g/mol. The van der Waals surface area contributed by atoms with Crippen LogP contribution in [0.2, 0.25) is 0 Å². The number of phenolic OH excluding ortho intramolecular Hbond substituents is 1. The average Bonchev–Trinajstić information content (AvgIpc) is 2.45. The number of fused-ring (bicyclic) bond motifs is 1. The van der Waals surface area contributed by atoms with Crippen molar-refractivity contribution < 1.29 is 9.84 Å². The van der Waals surface area contributed by atoms with Crippen molar-refractivity contribution in [3.8, 4) is 11.5 Å². The molecule has 0 saturated heterocycles. The maximum Gasteiger partial charge on any atom is 0.160 e. The smallest absolute Gasteiger partial charge is 0.160 e. The Hall–Kier alpha value is -1.26. The van der Waals surface area contributed by atoms with Gasteiger partial charge in [-0.3, -0.25) is 4.90 Å². The summed E-state index contributed by atoms with van der Waals surface area (Å²) < 4.78 is 5.28. The van der Waals surface area contributed by atoms with E-state index in [1.54, 1.807) is 7.11 Å². The minimum atomic E-state index is 0.217. The third kappa shape index (κ3) is 3.73. The summed E-state index contributed by atoms with van der Waals surface area (Å²) in [5, 5.41) is 9.98. The largest absolute Gasteiger partial charge is 0.504 e. The molecular formula is C18H30N2O2. The first kappa shape index (κ1) is 17.1. The molecular weight excluding hydrogens is 276 g/mol. The van der Waals surface area contributed by atoms with E-state index in [9.17, 15) is 5.11 Å². The highest BCUT2D eigenvalue weighted by Crippen LogP contribution is 2.38. The molecule has 1 aromatic carbocycles. The zero-order valence-corrected chi connectivity index (χ0v) is 14.3. The Balaban J connectivity index is 2.20. The molecule has 2 atom stereocenters. The SMILES string of the molecule is CCC1c2cc(OC)c(O)cc2CCN1C[C@H](N)CC(C)C. The Bertz CT molecular complexity index is 502. The van der Waals surface area contributed by atoms with Gasteiger partial charge in [0.2, 0.25) is 0 Å². The van der Waals surface area contributed by atoms with E-state index in [0.717, 1.165) is 32.4 Å². The number of rotatable bonds is 6. The van der Waals surface area contributed by atoms with Gasteiger partial charge in [0.15, 0.2) is 11.5 Å². The molecule has 1 aliphatic heterocycles. The van der Waals surface area contributed by atoms with Gasteiger partial charge in [0, 0.05) is 25.2 Å². The first-order chi connectivity index (χ1) is 10.5. The number of hydrogen-bond donors (Lipinski definition) is 2. The maximum atomic E-state index is 9.98. The number of methoxy groups -OCH3 is 1. The highest BCUT2D eigenvalue weighted by molar-refractivity contribution is 5.48. The monoisotopic (exact) mass is 306 g/mol. The first-order valence-electron chi connectivity index (χ1n) is 8.35. The summed E-state index contributed by atoms with van der Waals surface area (Å²) in [6.45, 7) is 8.58. The fourth-order valence-corrected chi connectivity index (χ4v) is 3.61. The van der Waals surface area contributed by atoms with Crippen LogP contribution in [0, 0.1) is 5.92 Å². The number of nitrogens with zero attached hydrogens (tertiary/aromatic N) is 1. The van der Waals surface area contributed by atoms with Crippen molar-refractivity contribution >= 4 is 0 Å². The van der Waals surface area contributed by atoms with Crippen molar-refractivity contribution in [2.45, 2.75) is 52.1 Å². The third-order valence-corrected chi connectivity index (χ3v) is 4.54. The Morgan fingerprint density at radius 3 is 2.73 bits per heavy atom. The van der Waals surface area contributed by atoms with Gasteiger partial charge in [0.1, 0.15) is 0 Å². The Morgan fingerprint density at radius 1 is 1.41 bits per heavy atom. The van der Waals surface area contributed by atoms with Gasteiger partial charge < -0.3 is 15.6 Å². The molecule has 0 bridgehead atoms. The van der Waals surface area contributed by atoms with E-state index in [1.165, 1.54) is 11.1 Å². The highest BCUT2D eigenvalue weighted by Gasteiger charge is 2.28. The molecule has 0 fully saturated rings. The lowest BCUT2D eigenvalue weighted by molar-refractivity contribution is 0.163. The van der Waals surface area contributed by atoms with Crippen LogP contribution >= 0.6 is 0 Å². The van der Waals surface area contributed by atoms with Gasteiger partial charge in [-0.05, 0) is 48.4 Å². The van der Waals surface area contributed by atoms with Crippen LogP contribution in [0.1, 0.15) is 50.8 Å². The van der Waals surface area contributed by atoms with E-state index in [-0.39, 0.29) is 11.8 Å². The van der Waals surface area contributed by atoms with Gasteiger partial charge in [-0.2, -0.15) is 0 Å². The molecule has 0 radical (unpaired) electrons. The van der Waals surface area contributed by atoms with Gasteiger partial charge in [-0.1, -0.05) is 20.8 Å². The molecule has 22 heavy (non-hydrogen) atoms. The van der Waals surface area contributed by atoms with Gasteiger partial charge in [0.05, 0.1) is 7.11 Å². The van der Waals surface area contributed by atoms with Crippen LogP contribution in [0.5, 0.6) is 11.5 Å². The Labute approximate surface area is 134 Å². The Morgan fingerprint density at radius 2 is 2.14 bits per heavy atom. The van der Waals surface area contributed by atoms with Crippen LogP contribution in [0.25, 0.3) is 0 Å². The van der Waals surface area contributed by atoms with E-state index in [0.29, 0.717) is 17.7 Å². The first-order valence-corrected chi connectivity index (χ1v) is 8.35. The van der Waals surface area contributed by atoms with Crippen LogP contribution in [0.15, 0.2) is 12.1 Å². The molecule has 2 rings (SSSR count). The topological polar surface area (TPSA) is 58.7 Å². The minimum Gasteiger partial charge on any atom is -0.504 e. The number of phenols is 1. The number of ether oxygens (including phenoxy) is 1. The van der Waals surface area contributed by atoms with Crippen molar-refractivity contribution in [2.24, 2.45) is 11.7 Å². The lowest BCUT2D eigenvalue weighted by atomic mass is 9.89. The molecule has 0 spiro atoms. The van der Waals surface area contributed by atoms with Crippen LogP contribution in [0.4, 0.5) is 0 Å². The Kier molecular flexibility index (Phi) is 5.70. The van der Waals surface area contributed by atoms with E-state index < -0.39 is 0 Å². The normalized spacial score (nSPS) is 20.0. The molecule has 0 aromatic heterocycles. The summed E-state index contributed by atoms with van der Waals surface area (Å²) in [6, 6.07) is 4.44. The van der Waals surface area contributed by atoms with Crippen LogP contribution in [0.3, 0.4) is 0 Å². The third-order valence-electron chi connectivity index (χ3n) is 4.54. The summed E-state index contributed by atoms with van der Waals surface area (Å²) in [7, 11) is 1.60. The van der Waals surface area contributed by atoms with E-state index in [4.69, 9.17) is 10.5 Å². The fraction of sp³-hybridized carbons (Fsp3) is 0.667. The highest BCUT2D eigenvalue weighted by atomic mass is 16.5. The lowest BCUT2D eigenvalue weighted by Gasteiger charge is -2.38. The molecule has 1 aliphatic rings. The van der Waals surface area contributed by atoms with Crippen molar-refractivity contribution in [3.63, 3.8) is 0 Å². The molecule has 4 nitrogen and oxygen atoms in total. The van der Waals surface area contributed by atoms with Gasteiger partial charge in [0.25, 0.3) is 0 Å². The summed E-state index contributed by atoms with van der Waals surface area (Å²) in [5.74, 6) is 1.43. The summed E-state index contributed by atoms with van der Waals surface area (Å²) in [5.41, 5.74) is 8.83. The van der Waals surface area contributed by atoms with Gasteiger partial charge in [-0.15, -0.1) is 0 Å². The van der Waals surface area contributed by atoms with E-state index in [2.05, 4.69) is 25.7 Å². The zero-order chi connectivity index (χ0) is 16.3. The summed E-state index contributed by atoms with van der Waals surface area (Å²) in [6.07, 6.45) is 3.05. The van der Waals surface area contributed by atoms with E-state index in [1.807, 2.05) is 12.1 Å². The molecule has 1 heterocycles. The van der Waals surface area contributed by atoms with Crippen molar-refractivity contribution in [3.05, 3.63) is 23.3 Å². The second-order valence-electron chi connectivity index (χ2n) is 6.78. The number of hydrogen-bond acceptors (Lipinski definition) is 4. The van der Waals surface area contributed by atoms with Crippen molar-refractivity contribution in [1.29, 1.82) is 0 Å². The van der Waals surface area contributed by atoms with Crippen LogP contribution in [-0.4, -0.2) is 36.2 Å². The van der Waals surface area contributed by atoms with Gasteiger partial charge in [-0.25, -0.2) is 0 Å². The summed E-state index contributed by atoms with van der Waals surface area (Å²) >= 11 is 0. The molecule has 1 aromatic rings. The maximum absolute atomic E-state index is 9.98. The summed E-state index contributed by atoms with van der Waals surface area (Å²) in [4.78, 5) is 2.49. The van der Waals surface area contributed by atoms with E-state index >= 15 is 0 Å². The van der Waals surface area contributed by atoms with Crippen molar-refractivity contribution in [1.82, 2.24) is 4.90 Å². The fourth-order valence-electron chi connectivity index (χ4n) is 3.61. The van der Waals surface area contributed by atoms with Gasteiger partial charge >= 0.3 is 0 Å². The predicted octanol–water partition coefficient (Wildman–Crippen LogP) is 3.08. The zero-order valence-electron chi connectivity index (χ0n) is 14.3. The predicted molar refractivity (Wildman–Crippen MR) is 90.4 cm³/mol. The minimum absolute atomic E-state index is 0.217.